The molecule has 160 valence electrons. The lowest BCUT2D eigenvalue weighted by atomic mass is 10.1. The Labute approximate surface area is 186 Å². The van der Waals surface area contributed by atoms with Crippen LogP contribution in [0.3, 0.4) is 0 Å². The molecular weight excluding hydrogens is 420 g/mol. The number of aromatic nitrogens is 1. The van der Waals surface area contributed by atoms with E-state index < -0.39 is 9.84 Å². The lowest BCUT2D eigenvalue weighted by molar-refractivity contribution is 0.596. The first-order chi connectivity index (χ1) is 15.4. The van der Waals surface area contributed by atoms with E-state index in [2.05, 4.69) is 4.98 Å². The molecule has 0 atom stereocenters. The van der Waals surface area contributed by atoms with Crippen LogP contribution < -0.4 is 4.90 Å². The zero-order valence-electron chi connectivity index (χ0n) is 17.8. The normalized spacial score (nSPS) is 11.8. The minimum absolute atomic E-state index is 0.105. The number of hydrogen-bond acceptors (Lipinski definition) is 5. The number of anilines is 1. The Morgan fingerprint density at radius 2 is 1.59 bits per heavy atom. The quantitative estimate of drug-likeness (QED) is 0.350. The fraction of sp³-hybridized carbons (Fsp3) is 0.115. The highest BCUT2D eigenvalue weighted by Gasteiger charge is 2.20. The number of fused-ring (bicyclic) bond motifs is 2. The summed E-state index contributed by atoms with van der Waals surface area (Å²) in [6, 6.07) is 26.1. The van der Waals surface area contributed by atoms with E-state index in [1.54, 1.807) is 12.1 Å². The average molecular weight is 443 g/mol. The minimum Gasteiger partial charge on any atom is -0.436 e. The summed E-state index contributed by atoms with van der Waals surface area (Å²) in [6.45, 7) is 0. The van der Waals surface area contributed by atoms with Crippen LogP contribution in [0.5, 0.6) is 0 Å². The molecule has 0 unspecified atom stereocenters. The molecule has 0 aliphatic rings. The molecule has 0 saturated carbocycles. The Hall–Kier alpha value is -3.64. The SMILES string of the molecule is CN(C)c1cccc2c(S(=O)(=O)Cc3cccc(-c4nc5ccccc5o4)c3)cccc12. The van der Waals surface area contributed by atoms with E-state index >= 15 is 0 Å². The Kier molecular flexibility index (Phi) is 4.94. The van der Waals surface area contributed by atoms with Gasteiger partial charge < -0.3 is 9.32 Å². The van der Waals surface area contributed by atoms with Crippen LogP contribution in [0.2, 0.25) is 0 Å². The number of para-hydroxylation sites is 2. The van der Waals surface area contributed by atoms with Gasteiger partial charge in [-0.25, -0.2) is 13.4 Å². The van der Waals surface area contributed by atoms with Crippen LogP contribution in [-0.2, 0) is 15.6 Å². The van der Waals surface area contributed by atoms with Crippen molar-refractivity contribution in [2.75, 3.05) is 19.0 Å². The Bertz CT molecular complexity index is 1520. The summed E-state index contributed by atoms with van der Waals surface area (Å²) in [5.74, 6) is 0.373. The molecule has 1 aromatic heterocycles. The second-order valence-electron chi connectivity index (χ2n) is 7.97. The van der Waals surface area contributed by atoms with Gasteiger partial charge in [-0.15, -0.1) is 0 Å². The van der Waals surface area contributed by atoms with E-state index in [0.29, 0.717) is 21.9 Å². The second kappa shape index (κ2) is 7.80. The lowest BCUT2D eigenvalue weighted by Crippen LogP contribution is -2.10. The lowest BCUT2D eigenvalue weighted by Gasteiger charge is -2.17. The van der Waals surface area contributed by atoms with E-state index in [-0.39, 0.29) is 5.75 Å². The molecule has 32 heavy (non-hydrogen) atoms. The van der Waals surface area contributed by atoms with E-state index in [1.807, 2.05) is 91.8 Å². The number of benzene rings is 4. The van der Waals surface area contributed by atoms with Gasteiger partial charge in [-0.2, -0.15) is 0 Å². The number of oxazole rings is 1. The van der Waals surface area contributed by atoms with Gasteiger partial charge >= 0.3 is 0 Å². The third-order valence-corrected chi connectivity index (χ3v) is 7.24. The molecule has 5 rings (SSSR count). The molecule has 0 saturated heterocycles. The first-order valence-electron chi connectivity index (χ1n) is 10.3. The van der Waals surface area contributed by atoms with Crippen LogP contribution in [0, 0.1) is 0 Å². The molecule has 5 nitrogen and oxygen atoms in total. The largest absolute Gasteiger partial charge is 0.436 e. The van der Waals surface area contributed by atoms with Crippen molar-refractivity contribution in [3.8, 4) is 11.5 Å². The number of nitrogens with zero attached hydrogens (tertiary/aromatic N) is 2. The topological polar surface area (TPSA) is 63.4 Å². The maximum Gasteiger partial charge on any atom is 0.227 e. The van der Waals surface area contributed by atoms with Crippen LogP contribution in [0.25, 0.3) is 33.3 Å². The molecule has 0 fully saturated rings. The van der Waals surface area contributed by atoms with Crippen molar-refractivity contribution in [3.05, 3.63) is 90.5 Å². The van der Waals surface area contributed by atoms with Gasteiger partial charge in [0.15, 0.2) is 15.4 Å². The predicted octanol–water partition coefficient (Wildman–Crippen LogP) is 5.69. The summed E-state index contributed by atoms with van der Waals surface area (Å²) in [5, 5.41) is 1.65. The zero-order chi connectivity index (χ0) is 22.3. The second-order valence-corrected chi connectivity index (χ2v) is 9.93. The molecule has 0 bridgehead atoms. The van der Waals surface area contributed by atoms with E-state index in [0.717, 1.165) is 27.5 Å². The van der Waals surface area contributed by atoms with Gasteiger partial charge in [0.05, 0.1) is 10.6 Å². The van der Waals surface area contributed by atoms with E-state index in [4.69, 9.17) is 4.42 Å². The van der Waals surface area contributed by atoms with Crippen molar-refractivity contribution in [3.63, 3.8) is 0 Å². The van der Waals surface area contributed by atoms with Crippen LogP contribution in [0.4, 0.5) is 5.69 Å². The Balaban J connectivity index is 1.53. The molecular formula is C26H22N2O3S. The Morgan fingerprint density at radius 3 is 2.41 bits per heavy atom. The van der Waals surface area contributed by atoms with Crippen LogP contribution in [0.1, 0.15) is 5.56 Å². The first kappa shape index (κ1) is 20.3. The maximum absolute atomic E-state index is 13.4. The van der Waals surface area contributed by atoms with Crippen molar-refractivity contribution >= 4 is 37.4 Å². The van der Waals surface area contributed by atoms with Crippen molar-refractivity contribution in [1.29, 1.82) is 0 Å². The zero-order valence-corrected chi connectivity index (χ0v) is 18.6. The molecule has 0 aliphatic carbocycles. The monoisotopic (exact) mass is 442 g/mol. The highest BCUT2D eigenvalue weighted by Crippen LogP contribution is 2.32. The van der Waals surface area contributed by atoms with Gasteiger partial charge in [-0.05, 0) is 42.0 Å². The molecule has 5 aromatic rings. The number of sulfone groups is 1. The van der Waals surface area contributed by atoms with Crippen molar-refractivity contribution in [2.24, 2.45) is 0 Å². The third kappa shape index (κ3) is 3.63. The van der Waals surface area contributed by atoms with E-state index in [9.17, 15) is 8.42 Å². The van der Waals surface area contributed by atoms with Crippen molar-refractivity contribution in [2.45, 2.75) is 10.6 Å². The Morgan fingerprint density at radius 1 is 0.844 bits per heavy atom. The summed E-state index contributed by atoms with van der Waals surface area (Å²) in [7, 11) is 0.328. The highest BCUT2D eigenvalue weighted by atomic mass is 32.2. The van der Waals surface area contributed by atoms with E-state index in [1.165, 1.54) is 0 Å². The highest BCUT2D eigenvalue weighted by molar-refractivity contribution is 7.90. The van der Waals surface area contributed by atoms with Gasteiger partial charge in [-0.1, -0.05) is 48.5 Å². The van der Waals surface area contributed by atoms with Gasteiger partial charge in [-0.3, -0.25) is 0 Å². The summed E-state index contributed by atoms with van der Waals surface area (Å²) in [4.78, 5) is 6.85. The summed E-state index contributed by atoms with van der Waals surface area (Å²) < 4.78 is 32.7. The fourth-order valence-corrected chi connectivity index (χ4v) is 5.59. The van der Waals surface area contributed by atoms with Gasteiger partial charge in [0.25, 0.3) is 0 Å². The molecule has 4 aromatic carbocycles. The molecule has 6 heteroatoms. The van der Waals surface area contributed by atoms with Crippen molar-refractivity contribution < 1.29 is 12.8 Å². The van der Waals surface area contributed by atoms with Crippen molar-refractivity contribution in [1.82, 2.24) is 4.98 Å². The summed E-state index contributed by atoms with van der Waals surface area (Å²) >= 11 is 0. The van der Waals surface area contributed by atoms with Gasteiger partial charge in [0.1, 0.15) is 5.52 Å². The number of rotatable bonds is 5. The summed E-state index contributed by atoms with van der Waals surface area (Å²) in [5.41, 5.74) is 3.89. The van der Waals surface area contributed by atoms with Crippen LogP contribution in [-0.4, -0.2) is 27.5 Å². The fourth-order valence-electron chi connectivity index (χ4n) is 4.01. The smallest absolute Gasteiger partial charge is 0.227 e. The standard InChI is InChI=1S/C26H22N2O3S/c1-28(2)23-13-6-11-21-20(23)10-7-15-25(21)32(29,30)17-18-8-5-9-19(16-18)26-27-22-12-3-4-14-24(22)31-26/h3-16H,17H2,1-2H3. The molecule has 0 radical (unpaired) electrons. The minimum atomic E-state index is -3.58. The first-order valence-corrected chi connectivity index (χ1v) is 11.9. The predicted molar refractivity (Wildman–Crippen MR) is 129 cm³/mol. The summed E-state index contributed by atoms with van der Waals surface area (Å²) in [6.07, 6.45) is 0. The van der Waals surface area contributed by atoms with Gasteiger partial charge in [0, 0.05) is 36.1 Å². The molecule has 0 amide bonds. The molecule has 0 aliphatic heterocycles. The van der Waals surface area contributed by atoms with Crippen LogP contribution in [0.15, 0.2) is 94.2 Å². The third-order valence-electron chi connectivity index (χ3n) is 5.50. The van der Waals surface area contributed by atoms with Crippen LogP contribution >= 0.6 is 0 Å². The van der Waals surface area contributed by atoms with Gasteiger partial charge in [0.2, 0.25) is 5.89 Å². The maximum atomic E-state index is 13.4. The average Bonchev–Trinajstić information content (AvgIpc) is 3.22. The molecule has 0 spiro atoms. The molecule has 1 heterocycles. The molecule has 0 N–H and O–H groups in total. The number of hydrogen-bond donors (Lipinski definition) is 0.